The number of amides is 1. The third kappa shape index (κ3) is 4.15. The Morgan fingerprint density at radius 3 is 2.46 bits per heavy atom. The molecule has 24 heavy (non-hydrogen) atoms. The summed E-state index contributed by atoms with van der Waals surface area (Å²) in [5.41, 5.74) is 0.0925. The predicted octanol–water partition coefficient (Wildman–Crippen LogP) is 2.77. The van der Waals surface area contributed by atoms with E-state index in [9.17, 15) is 4.79 Å². The molecule has 1 aromatic heterocycles. The van der Waals surface area contributed by atoms with Gasteiger partial charge in [-0.05, 0) is 32.9 Å². The zero-order valence-electron chi connectivity index (χ0n) is 14.5. The molecule has 1 amide bonds. The Labute approximate surface area is 142 Å². The van der Waals surface area contributed by atoms with E-state index in [4.69, 9.17) is 14.2 Å². The summed E-state index contributed by atoms with van der Waals surface area (Å²) >= 11 is 0. The summed E-state index contributed by atoms with van der Waals surface area (Å²) in [5.74, 6) is 0.506. The van der Waals surface area contributed by atoms with Crippen molar-refractivity contribution in [2.45, 2.75) is 45.0 Å². The van der Waals surface area contributed by atoms with Gasteiger partial charge in [0.2, 0.25) is 0 Å². The molecule has 0 saturated carbocycles. The van der Waals surface area contributed by atoms with E-state index in [1.54, 1.807) is 6.20 Å². The van der Waals surface area contributed by atoms with Gasteiger partial charge in [0.1, 0.15) is 11.4 Å². The molecule has 1 spiro atoms. The van der Waals surface area contributed by atoms with Crippen LogP contribution in [0.25, 0.3) is 0 Å². The van der Waals surface area contributed by atoms with Gasteiger partial charge in [0, 0.05) is 25.9 Å². The van der Waals surface area contributed by atoms with Crippen LogP contribution in [0.4, 0.5) is 16.3 Å². The maximum absolute atomic E-state index is 11.8. The number of anilines is 2. The molecule has 2 saturated heterocycles. The summed E-state index contributed by atoms with van der Waals surface area (Å²) in [5, 5.41) is 2.69. The minimum Gasteiger partial charge on any atom is -0.444 e. The number of ether oxygens (including phenoxy) is 3. The van der Waals surface area contributed by atoms with Gasteiger partial charge in [-0.15, -0.1) is 0 Å². The van der Waals surface area contributed by atoms with Crippen LogP contribution in [0.2, 0.25) is 0 Å². The molecular formula is C17H25N3O4. The van der Waals surface area contributed by atoms with Gasteiger partial charge in [-0.1, -0.05) is 0 Å². The molecule has 1 aromatic rings. The summed E-state index contributed by atoms with van der Waals surface area (Å²) in [6.45, 7) is 8.53. The first-order chi connectivity index (χ1) is 11.4. The number of carbonyl (C=O) groups excluding carboxylic acids is 1. The van der Waals surface area contributed by atoms with Gasteiger partial charge in [0.15, 0.2) is 5.79 Å². The van der Waals surface area contributed by atoms with Gasteiger partial charge in [0.25, 0.3) is 0 Å². The Kier molecular flexibility index (Phi) is 4.64. The van der Waals surface area contributed by atoms with E-state index in [0.29, 0.717) is 18.9 Å². The van der Waals surface area contributed by atoms with Crippen LogP contribution < -0.4 is 10.2 Å². The lowest BCUT2D eigenvalue weighted by Gasteiger charge is -2.38. The average molecular weight is 335 g/mol. The van der Waals surface area contributed by atoms with Crippen LogP contribution in [0.15, 0.2) is 18.3 Å². The molecule has 0 atom stereocenters. The number of nitrogens with one attached hydrogen (secondary N) is 1. The first-order valence-electron chi connectivity index (χ1n) is 8.34. The summed E-state index contributed by atoms with van der Waals surface area (Å²) in [6, 6.07) is 3.74. The SMILES string of the molecule is CC(C)(C)OC(=O)Nc1ccc(N2CCC3(CC2)OCCO3)nc1. The Bertz CT molecular complexity index is 566. The Morgan fingerprint density at radius 1 is 1.25 bits per heavy atom. The van der Waals surface area contributed by atoms with Gasteiger partial charge in [-0.25, -0.2) is 9.78 Å². The van der Waals surface area contributed by atoms with E-state index in [2.05, 4.69) is 15.2 Å². The van der Waals surface area contributed by atoms with E-state index in [1.807, 2.05) is 32.9 Å². The molecule has 7 nitrogen and oxygen atoms in total. The molecule has 2 aliphatic rings. The fraction of sp³-hybridized carbons (Fsp3) is 0.647. The quantitative estimate of drug-likeness (QED) is 0.896. The maximum atomic E-state index is 11.8. The van der Waals surface area contributed by atoms with Crippen molar-refractivity contribution in [3.63, 3.8) is 0 Å². The maximum Gasteiger partial charge on any atom is 0.412 e. The predicted molar refractivity (Wildman–Crippen MR) is 90.2 cm³/mol. The van der Waals surface area contributed by atoms with Crippen LogP contribution in [0.1, 0.15) is 33.6 Å². The van der Waals surface area contributed by atoms with Crippen LogP contribution >= 0.6 is 0 Å². The molecule has 1 N–H and O–H groups in total. The standard InChI is InChI=1S/C17H25N3O4/c1-16(2,3)24-15(21)19-13-4-5-14(18-12-13)20-8-6-17(7-9-20)22-10-11-23-17/h4-5,12H,6-11H2,1-3H3,(H,19,21). The van der Waals surface area contributed by atoms with E-state index in [-0.39, 0.29) is 5.79 Å². The number of carbonyl (C=O) groups is 1. The molecule has 0 radical (unpaired) electrons. The normalized spacial score (nSPS) is 20.2. The summed E-state index contributed by atoms with van der Waals surface area (Å²) in [7, 11) is 0. The Morgan fingerprint density at radius 2 is 1.92 bits per heavy atom. The van der Waals surface area contributed by atoms with Crippen molar-refractivity contribution in [3.05, 3.63) is 18.3 Å². The Balaban J connectivity index is 1.54. The highest BCUT2D eigenvalue weighted by Crippen LogP contribution is 2.32. The summed E-state index contributed by atoms with van der Waals surface area (Å²) < 4.78 is 16.7. The Hall–Kier alpha value is -1.86. The highest BCUT2D eigenvalue weighted by molar-refractivity contribution is 5.84. The van der Waals surface area contributed by atoms with Crippen LogP contribution in [-0.4, -0.2) is 48.8 Å². The number of hydrogen-bond acceptors (Lipinski definition) is 6. The van der Waals surface area contributed by atoms with Gasteiger partial charge in [-0.3, -0.25) is 5.32 Å². The second-order valence-corrected chi connectivity index (χ2v) is 7.13. The fourth-order valence-corrected chi connectivity index (χ4v) is 2.93. The van der Waals surface area contributed by atoms with Gasteiger partial charge >= 0.3 is 6.09 Å². The molecule has 7 heteroatoms. The van der Waals surface area contributed by atoms with Crippen molar-refractivity contribution in [1.82, 2.24) is 4.98 Å². The number of nitrogens with zero attached hydrogens (tertiary/aromatic N) is 2. The molecule has 0 unspecified atom stereocenters. The molecular weight excluding hydrogens is 310 g/mol. The van der Waals surface area contributed by atoms with Crippen LogP contribution in [-0.2, 0) is 14.2 Å². The minimum atomic E-state index is -0.522. The number of aromatic nitrogens is 1. The molecule has 0 bridgehead atoms. The molecule has 0 aliphatic carbocycles. The zero-order chi connectivity index (χ0) is 17.2. The monoisotopic (exact) mass is 335 g/mol. The lowest BCUT2D eigenvalue weighted by Crippen LogP contribution is -2.45. The highest BCUT2D eigenvalue weighted by Gasteiger charge is 2.39. The smallest absolute Gasteiger partial charge is 0.412 e. The molecule has 3 rings (SSSR count). The molecule has 2 fully saturated rings. The van der Waals surface area contributed by atoms with Crippen molar-refractivity contribution in [2.75, 3.05) is 36.5 Å². The minimum absolute atomic E-state index is 0.380. The summed E-state index contributed by atoms with van der Waals surface area (Å²) in [6.07, 6.45) is 2.85. The van der Waals surface area contributed by atoms with Gasteiger partial charge in [-0.2, -0.15) is 0 Å². The first-order valence-corrected chi connectivity index (χ1v) is 8.34. The van der Waals surface area contributed by atoms with E-state index in [0.717, 1.165) is 31.7 Å². The molecule has 0 aromatic carbocycles. The lowest BCUT2D eigenvalue weighted by molar-refractivity contribution is -0.169. The number of piperidine rings is 1. The lowest BCUT2D eigenvalue weighted by atomic mass is 10.0. The van der Waals surface area contributed by atoms with Crippen LogP contribution in [0.5, 0.6) is 0 Å². The van der Waals surface area contributed by atoms with E-state index < -0.39 is 11.7 Å². The van der Waals surface area contributed by atoms with E-state index in [1.165, 1.54) is 0 Å². The largest absolute Gasteiger partial charge is 0.444 e. The van der Waals surface area contributed by atoms with Gasteiger partial charge in [0.05, 0.1) is 25.1 Å². The van der Waals surface area contributed by atoms with Crippen molar-refractivity contribution in [3.8, 4) is 0 Å². The third-order valence-electron chi connectivity index (χ3n) is 4.06. The van der Waals surface area contributed by atoms with Crippen molar-refractivity contribution < 1.29 is 19.0 Å². The molecule has 2 aliphatic heterocycles. The number of hydrogen-bond donors (Lipinski definition) is 1. The highest BCUT2D eigenvalue weighted by atomic mass is 16.7. The van der Waals surface area contributed by atoms with E-state index >= 15 is 0 Å². The second-order valence-electron chi connectivity index (χ2n) is 7.13. The molecule has 132 valence electrons. The topological polar surface area (TPSA) is 72.9 Å². The van der Waals surface area contributed by atoms with Crippen LogP contribution in [0, 0.1) is 0 Å². The van der Waals surface area contributed by atoms with Gasteiger partial charge < -0.3 is 19.1 Å². The summed E-state index contributed by atoms with van der Waals surface area (Å²) in [4.78, 5) is 18.4. The van der Waals surface area contributed by atoms with Crippen molar-refractivity contribution in [1.29, 1.82) is 0 Å². The number of rotatable bonds is 2. The van der Waals surface area contributed by atoms with Crippen LogP contribution in [0.3, 0.4) is 0 Å². The first kappa shape index (κ1) is 17.0. The average Bonchev–Trinajstić information content (AvgIpc) is 2.95. The third-order valence-corrected chi connectivity index (χ3v) is 4.06. The second kappa shape index (κ2) is 6.57. The fourth-order valence-electron chi connectivity index (χ4n) is 2.93. The number of pyridine rings is 1. The molecule has 3 heterocycles. The van der Waals surface area contributed by atoms with Crippen molar-refractivity contribution >= 4 is 17.6 Å². The zero-order valence-corrected chi connectivity index (χ0v) is 14.5. The van der Waals surface area contributed by atoms with Crippen molar-refractivity contribution in [2.24, 2.45) is 0 Å².